The predicted molar refractivity (Wildman–Crippen MR) is 82.4 cm³/mol. The molecule has 2 aromatic carbocycles. The van der Waals surface area contributed by atoms with E-state index in [-0.39, 0.29) is 5.41 Å². The van der Waals surface area contributed by atoms with Gasteiger partial charge in [-0.05, 0) is 25.1 Å². The Kier molecular flexibility index (Phi) is 4.06. The molecule has 100 valence electrons. The molecule has 0 spiro atoms. The fraction of sp³-hybridized carbons (Fsp3) is 0.333. The highest BCUT2D eigenvalue weighted by atomic mass is 14.9. The zero-order valence-corrected chi connectivity index (χ0v) is 12.3. The second-order valence-corrected chi connectivity index (χ2v) is 5.72. The molecule has 1 atom stereocenters. The molecule has 0 amide bonds. The van der Waals surface area contributed by atoms with Crippen LogP contribution in [0.15, 0.2) is 54.6 Å². The number of aryl methyl sites for hydroxylation is 1. The topological polar surface area (TPSA) is 12.0 Å². The fourth-order valence-electron chi connectivity index (χ4n) is 2.74. The van der Waals surface area contributed by atoms with E-state index >= 15 is 0 Å². The molecule has 0 aromatic heterocycles. The Balaban J connectivity index is 2.38. The molecule has 1 nitrogen and oxygen atoms in total. The van der Waals surface area contributed by atoms with E-state index in [4.69, 9.17) is 0 Å². The molecule has 1 unspecified atom stereocenters. The van der Waals surface area contributed by atoms with E-state index in [0.29, 0.717) is 6.04 Å². The van der Waals surface area contributed by atoms with Crippen molar-refractivity contribution in [2.24, 2.45) is 0 Å². The van der Waals surface area contributed by atoms with Gasteiger partial charge >= 0.3 is 0 Å². The molecular formula is C18H23N. The van der Waals surface area contributed by atoms with Gasteiger partial charge in [-0.2, -0.15) is 0 Å². The molecule has 2 rings (SSSR count). The van der Waals surface area contributed by atoms with Crippen LogP contribution in [0, 0.1) is 6.92 Å². The van der Waals surface area contributed by atoms with E-state index in [9.17, 15) is 0 Å². The molecule has 0 aliphatic heterocycles. The van der Waals surface area contributed by atoms with Crippen LogP contribution in [0.25, 0.3) is 0 Å². The fourth-order valence-corrected chi connectivity index (χ4v) is 2.74. The lowest BCUT2D eigenvalue weighted by Gasteiger charge is -2.35. The molecule has 1 heteroatoms. The van der Waals surface area contributed by atoms with Gasteiger partial charge in [0.2, 0.25) is 0 Å². The van der Waals surface area contributed by atoms with Crippen LogP contribution >= 0.6 is 0 Å². The van der Waals surface area contributed by atoms with Crippen molar-refractivity contribution in [3.8, 4) is 0 Å². The van der Waals surface area contributed by atoms with E-state index in [2.05, 4.69) is 80.7 Å². The maximum absolute atomic E-state index is 3.48. The molecule has 0 saturated carbocycles. The first kappa shape index (κ1) is 13.8. The van der Waals surface area contributed by atoms with Crippen molar-refractivity contribution in [3.63, 3.8) is 0 Å². The third kappa shape index (κ3) is 2.87. The van der Waals surface area contributed by atoms with E-state index in [1.165, 1.54) is 16.7 Å². The van der Waals surface area contributed by atoms with Gasteiger partial charge in [-0.3, -0.25) is 0 Å². The quantitative estimate of drug-likeness (QED) is 0.859. The van der Waals surface area contributed by atoms with Crippen molar-refractivity contribution in [2.75, 3.05) is 7.05 Å². The normalized spacial score (nSPS) is 13.3. The summed E-state index contributed by atoms with van der Waals surface area (Å²) in [6.45, 7) is 6.72. The first-order valence-electron chi connectivity index (χ1n) is 6.85. The molecule has 0 radical (unpaired) electrons. The zero-order chi connectivity index (χ0) is 13.9. The number of likely N-dealkylation sites (N-methyl/N-ethyl adjacent to an activating group) is 1. The van der Waals surface area contributed by atoms with Crippen LogP contribution < -0.4 is 5.32 Å². The van der Waals surface area contributed by atoms with Crippen LogP contribution in [0.4, 0.5) is 0 Å². The molecule has 0 heterocycles. The molecule has 0 fully saturated rings. The zero-order valence-electron chi connectivity index (χ0n) is 12.3. The van der Waals surface area contributed by atoms with Gasteiger partial charge in [-0.25, -0.2) is 0 Å². The highest BCUT2D eigenvalue weighted by Gasteiger charge is 2.31. The Hall–Kier alpha value is -1.60. The summed E-state index contributed by atoms with van der Waals surface area (Å²) in [5.74, 6) is 0. The summed E-state index contributed by atoms with van der Waals surface area (Å²) >= 11 is 0. The summed E-state index contributed by atoms with van der Waals surface area (Å²) in [6.07, 6.45) is 0. The van der Waals surface area contributed by atoms with Gasteiger partial charge < -0.3 is 5.32 Å². The minimum Gasteiger partial charge on any atom is -0.312 e. The SMILES string of the molecule is CNC(c1ccc(C)cc1)C(C)(C)c1ccccc1. The van der Waals surface area contributed by atoms with Crippen molar-refractivity contribution in [3.05, 3.63) is 71.3 Å². The number of hydrogen-bond acceptors (Lipinski definition) is 1. The molecule has 0 aliphatic carbocycles. The minimum absolute atomic E-state index is 0.0469. The smallest absolute Gasteiger partial charge is 0.0410 e. The maximum atomic E-state index is 3.48. The lowest BCUT2D eigenvalue weighted by molar-refractivity contribution is 0.368. The lowest BCUT2D eigenvalue weighted by Crippen LogP contribution is -2.35. The molecule has 0 bridgehead atoms. The average Bonchev–Trinajstić information content (AvgIpc) is 2.42. The van der Waals surface area contributed by atoms with Gasteiger partial charge in [0.05, 0.1) is 0 Å². The average molecular weight is 253 g/mol. The van der Waals surface area contributed by atoms with Gasteiger partial charge in [-0.15, -0.1) is 0 Å². The van der Waals surface area contributed by atoms with Crippen LogP contribution in [0.5, 0.6) is 0 Å². The van der Waals surface area contributed by atoms with Crippen LogP contribution in [-0.2, 0) is 5.41 Å². The van der Waals surface area contributed by atoms with Crippen LogP contribution in [0.2, 0.25) is 0 Å². The summed E-state index contributed by atoms with van der Waals surface area (Å²) in [5.41, 5.74) is 4.04. The Bertz CT molecular complexity index is 511. The monoisotopic (exact) mass is 253 g/mol. The number of benzene rings is 2. The third-order valence-corrected chi connectivity index (χ3v) is 3.94. The third-order valence-electron chi connectivity index (χ3n) is 3.94. The Morgan fingerprint density at radius 3 is 2.00 bits per heavy atom. The summed E-state index contributed by atoms with van der Waals surface area (Å²) in [5, 5.41) is 3.48. The first-order chi connectivity index (χ1) is 9.05. The van der Waals surface area contributed by atoms with E-state index in [1.54, 1.807) is 0 Å². The molecule has 19 heavy (non-hydrogen) atoms. The van der Waals surface area contributed by atoms with Gasteiger partial charge in [0, 0.05) is 11.5 Å². The van der Waals surface area contributed by atoms with Crippen molar-refractivity contribution in [1.82, 2.24) is 5.32 Å². The summed E-state index contributed by atoms with van der Waals surface area (Å²) in [6, 6.07) is 19.8. The predicted octanol–water partition coefficient (Wildman–Crippen LogP) is 4.23. The molecule has 1 N–H and O–H groups in total. The van der Waals surface area contributed by atoms with Gasteiger partial charge in [-0.1, -0.05) is 74.0 Å². The minimum atomic E-state index is 0.0469. The molecule has 2 aromatic rings. The Labute approximate surface area is 116 Å². The number of hydrogen-bond donors (Lipinski definition) is 1. The molecular weight excluding hydrogens is 230 g/mol. The van der Waals surface area contributed by atoms with Crippen molar-refractivity contribution in [1.29, 1.82) is 0 Å². The molecule has 0 aliphatic rings. The Morgan fingerprint density at radius 2 is 1.47 bits per heavy atom. The highest BCUT2D eigenvalue weighted by Crippen LogP contribution is 2.36. The Morgan fingerprint density at radius 1 is 0.895 bits per heavy atom. The van der Waals surface area contributed by atoms with E-state index < -0.39 is 0 Å². The molecule has 0 saturated heterocycles. The van der Waals surface area contributed by atoms with Crippen molar-refractivity contribution < 1.29 is 0 Å². The number of rotatable bonds is 4. The van der Waals surface area contributed by atoms with Gasteiger partial charge in [0.1, 0.15) is 0 Å². The lowest BCUT2D eigenvalue weighted by atomic mass is 9.75. The summed E-state index contributed by atoms with van der Waals surface area (Å²) < 4.78 is 0. The van der Waals surface area contributed by atoms with E-state index in [0.717, 1.165) is 0 Å². The largest absolute Gasteiger partial charge is 0.312 e. The van der Waals surface area contributed by atoms with Gasteiger partial charge in [0.15, 0.2) is 0 Å². The maximum Gasteiger partial charge on any atom is 0.0410 e. The van der Waals surface area contributed by atoms with E-state index in [1.807, 2.05) is 7.05 Å². The number of nitrogens with one attached hydrogen (secondary N) is 1. The standard InChI is InChI=1S/C18H23N/c1-14-10-12-15(13-11-14)17(19-4)18(2,3)16-8-6-5-7-9-16/h5-13,17,19H,1-4H3. The van der Waals surface area contributed by atoms with Crippen LogP contribution in [0.3, 0.4) is 0 Å². The summed E-state index contributed by atoms with van der Waals surface area (Å²) in [7, 11) is 2.04. The second kappa shape index (κ2) is 5.58. The van der Waals surface area contributed by atoms with Crippen LogP contribution in [0.1, 0.15) is 36.6 Å². The van der Waals surface area contributed by atoms with Crippen molar-refractivity contribution >= 4 is 0 Å². The second-order valence-electron chi connectivity index (χ2n) is 5.72. The highest BCUT2D eigenvalue weighted by molar-refractivity contribution is 5.33. The first-order valence-corrected chi connectivity index (χ1v) is 6.85. The van der Waals surface area contributed by atoms with Gasteiger partial charge in [0.25, 0.3) is 0 Å². The van der Waals surface area contributed by atoms with Crippen molar-refractivity contribution in [2.45, 2.75) is 32.2 Å². The van der Waals surface area contributed by atoms with Crippen LogP contribution in [-0.4, -0.2) is 7.05 Å². The summed E-state index contributed by atoms with van der Waals surface area (Å²) in [4.78, 5) is 0.